The summed E-state index contributed by atoms with van der Waals surface area (Å²) in [6, 6.07) is 7.84. The first kappa shape index (κ1) is 18.7. The fourth-order valence-electron chi connectivity index (χ4n) is 3.99. The van der Waals surface area contributed by atoms with Crippen LogP contribution in [0.3, 0.4) is 0 Å². The van der Waals surface area contributed by atoms with Gasteiger partial charge in [0.15, 0.2) is 11.5 Å². The van der Waals surface area contributed by atoms with Gasteiger partial charge in [-0.05, 0) is 56.4 Å². The van der Waals surface area contributed by atoms with E-state index in [4.69, 9.17) is 4.42 Å². The number of carbonyl (C=O) groups excluding carboxylic acids is 1. The molecule has 1 amide bonds. The third-order valence-corrected chi connectivity index (χ3v) is 5.56. The third-order valence-electron chi connectivity index (χ3n) is 5.56. The molecule has 148 valence electrons. The van der Waals surface area contributed by atoms with Crippen LogP contribution in [-0.2, 0) is 13.0 Å². The Bertz CT molecular complexity index is 916. The third kappa shape index (κ3) is 4.11. The molecule has 1 aliphatic heterocycles. The van der Waals surface area contributed by atoms with Crippen molar-refractivity contribution in [2.75, 3.05) is 6.54 Å². The molecule has 0 bridgehead atoms. The van der Waals surface area contributed by atoms with Gasteiger partial charge >= 0.3 is 0 Å². The van der Waals surface area contributed by atoms with E-state index in [2.05, 4.69) is 17.0 Å². The lowest BCUT2D eigenvalue weighted by atomic mass is 9.98. The maximum atomic E-state index is 13.2. The van der Waals surface area contributed by atoms with Crippen LogP contribution in [0.2, 0.25) is 0 Å². The molecule has 28 heavy (non-hydrogen) atoms. The van der Waals surface area contributed by atoms with E-state index in [1.54, 1.807) is 6.20 Å². The van der Waals surface area contributed by atoms with Gasteiger partial charge in [0.25, 0.3) is 5.91 Å². The number of aryl methyl sites for hydroxylation is 2. The molecule has 1 fully saturated rings. The van der Waals surface area contributed by atoms with Crippen molar-refractivity contribution in [3.63, 3.8) is 0 Å². The van der Waals surface area contributed by atoms with Crippen LogP contribution in [-0.4, -0.2) is 38.2 Å². The number of hydrogen-bond donors (Lipinski definition) is 0. The second-order valence-electron chi connectivity index (χ2n) is 7.60. The summed E-state index contributed by atoms with van der Waals surface area (Å²) in [4.78, 5) is 19.9. The second-order valence-corrected chi connectivity index (χ2v) is 7.60. The Morgan fingerprint density at radius 2 is 2.25 bits per heavy atom. The smallest absolute Gasteiger partial charge is 0.254 e. The average Bonchev–Trinajstić information content (AvgIpc) is 3.39. The van der Waals surface area contributed by atoms with Crippen molar-refractivity contribution in [1.29, 1.82) is 0 Å². The molecule has 1 atom stereocenters. The molecule has 1 aromatic carbocycles. The Labute approximate surface area is 165 Å². The summed E-state index contributed by atoms with van der Waals surface area (Å²) >= 11 is 0. The first-order chi connectivity index (χ1) is 13.7. The quantitative estimate of drug-likeness (QED) is 0.607. The van der Waals surface area contributed by atoms with Gasteiger partial charge in [-0.1, -0.05) is 13.3 Å². The Morgan fingerprint density at radius 1 is 1.32 bits per heavy atom. The van der Waals surface area contributed by atoms with Gasteiger partial charge in [-0.15, -0.1) is 0 Å². The molecular weight excluding hydrogens is 352 g/mol. The number of benzene rings is 1. The lowest BCUT2D eigenvalue weighted by Crippen LogP contribution is -2.44. The molecule has 0 unspecified atom stereocenters. The summed E-state index contributed by atoms with van der Waals surface area (Å²) in [6.07, 6.45) is 11.0. The van der Waals surface area contributed by atoms with Crippen LogP contribution < -0.4 is 0 Å². The molecule has 0 spiro atoms. The van der Waals surface area contributed by atoms with Gasteiger partial charge < -0.3 is 9.32 Å². The zero-order valence-electron chi connectivity index (χ0n) is 16.5. The lowest BCUT2D eigenvalue weighted by molar-refractivity contribution is 0.0594. The molecule has 4 rings (SSSR count). The van der Waals surface area contributed by atoms with Crippen molar-refractivity contribution >= 4 is 17.0 Å². The van der Waals surface area contributed by atoms with E-state index in [-0.39, 0.29) is 11.9 Å². The van der Waals surface area contributed by atoms with E-state index < -0.39 is 0 Å². The minimum absolute atomic E-state index is 0.102. The van der Waals surface area contributed by atoms with Crippen molar-refractivity contribution in [2.45, 2.75) is 64.5 Å². The molecule has 2 aromatic heterocycles. The topological polar surface area (TPSA) is 64.2 Å². The van der Waals surface area contributed by atoms with Gasteiger partial charge in [0.05, 0.1) is 0 Å². The number of carbonyl (C=O) groups is 1. The van der Waals surface area contributed by atoms with E-state index >= 15 is 0 Å². The van der Waals surface area contributed by atoms with Gasteiger partial charge in [-0.3, -0.25) is 9.48 Å². The maximum Gasteiger partial charge on any atom is 0.254 e. The van der Waals surface area contributed by atoms with E-state index in [0.29, 0.717) is 5.56 Å². The van der Waals surface area contributed by atoms with Crippen LogP contribution in [0.1, 0.15) is 61.7 Å². The van der Waals surface area contributed by atoms with Gasteiger partial charge in [0, 0.05) is 43.5 Å². The standard InChI is InChI=1S/C22H28N4O2/c1-2-3-8-21-24-19-16-17(9-10-20(19)28-21)22(27)26-14-5-4-7-18(26)11-15-25-13-6-12-23-25/h6,9-10,12-13,16,18H,2-5,7-8,11,14-15H2,1H3/t18-/m0/s1. The molecule has 1 aliphatic rings. The number of oxazole rings is 1. The molecule has 0 N–H and O–H groups in total. The minimum Gasteiger partial charge on any atom is -0.441 e. The summed E-state index contributed by atoms with van der Waals surface area (Å²) in [7, 11) is 0. The SMILES string of the molecule is CCCCc1nc2cc(C(=O)N3CCCC[C@H]3CCn3cccn3)ccc2o1. The molecule has 6 nitrogen and oxygen atoms in total. The molecule has 6 heteroatoms. The molecule has 3 heterocycles. The van der Waals surface area contributed by atoms with E-state index in [9.17, 15) is 4.79 Å². The summed E-state index contributed by atoms with van der Waals surface area (Å²) < 4.78 is 7.75. The summed E-state index contributed by atoms with van der Waals surface area (Å²) in [5.74, 6) is 0.863. The number of hydrogen-bond acceptors (Lipinski definition) is 4. The highest BCUT2D eigenvalue weighted by molar-refractivity contribution is 5.97. The van der Waals surface area contributed by atoms with Gasteiger partial charge in [0.1, 0.15) is 5.52 Å². The van der Waals surface area contributed by atoms with Crippen molar-refractivity contribution in [3.05, 3.63) is 48.1 Å². The highest BCUT2D eigenvalue weighted by Crippen LogP contribution is 2.25. The maximum absolute atomic E-state index is 13.2. The molecular formula is C22H28N4O2. The zero-order chi connectivity index (χ0) is 19.3. The molecule has 3 aromatic rings. The number of rotatable bonds is 7. The van der Waals surface area contributed by atoms with E-state index in [0.717, 1.165) is 68.6 Å². The predicted octanol–water partition coefficient (Wildman–Crippen LogP) is 4.45. The number of likely N-dealkylation sites (tertiary alicyclic amines) is 1. The molecule has 0 saturated carbocycles. The number of piperidine rings is 1. The van der Waals surface area contributed by atoms with Gasteiger partial charge in [-0.2, -0.15) is 5.10 Å². The first-order valence-corrected chi connectivity index (χ1v) is 10.4. The summed E-state index contributed by atoms with van der Waals surface area (Å²) in [5.41, 5.74) is 2.24. The van der Waals surface area contributed by atoms with Gasteiger partial charge in [-0.25, -0.2) is 4.98 Å². The Hall–Kier alpha value is -2.63. The number of unbranched alkanes of at least 4 members (excludes halogenated alkanes) is 1. The van der Waals surface area contributed by atoms with E-state index in [1.807, 2.05) is 40.0 Å². The van der Waals surface area contributed by atoms with Crippen LogP contribution in [0.5, 0.6) is 0 Å². The first-order valence-electron chi connectivity index (χ1n) is 10.4. The van der Waals surface area contributed by atoms with Crippen LogP contribution in [0.25, 0.3) is 11.1 Å². The van der Waals surface area contributed by atoms with E-state index in [1.165, 1.54) is 6.42 Å². The molecule has 1 saturated heterocycles. The fourth-order valence-corrected chi connectivity index (χ4v) is 3.99. The fraction of sp³-hybridized carbons (Fsp3) is 0.500. The van der Waals surface area contributed by atoms with Crippen molar-refractivity contribution < 1.29 is 9.21 Å². The average molecular weight is 380 g/mol. The summed E-state index contributed by atoms with van der Waals surface area (Å²) in [5, 5.41) is 4.28. The highest BCUT2D eigenvalue weighted by atomic mass is 16.3. The van der Waals surface area contributed by atoms with Gasteiger partial charge in [0.2, 0.25) is 0 Å². The van der Waals surface area contributed by atoms with Crippen LogP contribution >= 0.6 is 0 Å². The number of aromatic nitrogens is 3. The van der Waals surface area contributed by atoms with Crippen LogP contribution in [0.15, 0.2) is 41.1 Å². The Kier molecular flexibility index (Phi) is 5.74. The Morgan fingerprint density at radius 3 is 3.07 bits per heavy atom. The molecule has 0 radical (unpaired) electrons. The van der Waals surface area contributed by atoms with Crippen molar-refractivity contribution in [2.24, 2.45) is 0 Å². The zero-order valence-corrected chi connectivity index (χ0v) is 16.5. The lowest BCUT2D eigenvalue weighted by Gasteiger charge is -2.36. The van der Waals surface area contributed by atoms with Crippen LogP contribution in [0.4, 0.5) is 0 Å². The van der Waals surface area contributed by atoms with Crippen molar-refractivity contribution in [3.8, 4) is 0 Å². The number of amides is 1. The largest absolute Gasteiger partial charge is 0.441 e. The monoisotopic (exact) mass is 380 g/mol. The number of nitrogens with zero attached hydrogens (tertiary/aromatic N) is 4. The van der Waals surface area contributed by atoms with Crippen LogP contribution in [0, 0.1) is 0 Å². The predicted molar refractivity (Wildman–Crippen MR) is 108 cm³/mol. The van der Waals surface area contributed by atoms with Crippen molar-refractivity contribution in [1.82, 2.24) is 19.7 Å². The minimum atomic E-state index is 0.102. The number of fused-ring (bicyclic) bond motifs is 1. The summed E-state index contributed by atoms with van der Waals surface area (Å²) in [6.45, 7) is 3.81. The molecule has 0 aliphatic carbocycles. The Balaban J connectivity index is 1.49. The highest BCUT2D eigenvalue weighted by Gasteiger charge is 2.27. The second kappa shape index (κ2) is 8.59. The normalized spacial score (nSPS) is 17.3.